The van der Waals surface area contributed by atoms with E-state index >= 15 is 8.78 Å². The second kappa shape index (κ2) is 9.31. The van der Waals surface area contributed by atoms with Gasteiger partial charge in [0, 0.05) is 48.3 Å². The van der Waals surface area contributed by atoms with Gasteiger partial charge in [0.15, 0.2) is 10.9 Å². The van der Waals surface area contributed by atoms with Crippen molar-refractivity contribution in [1.29, 1.82) is 0 Å². The fourth-order valence-electron chi connectivity index (χ4n) is 6.15. The molecule has 5 heterocycles. The number of carbonyl (C=O) groups is 1. The first-order chi connectivity index (χ1) is 19.5. The number of halogens is 4. The van der Waals surface area contributed by atoms with E-state index in [1.807, 2.05) is 30.8 Å². The molecular formula is C27H25ClF3N7O2S. The van der Waals surface area contributed by atoms with Gasteiger partial charge in [0.25, 0.3) is 5.91 Å². The van der Waals surface area contributed by atoms with E-state index in [1.54, 1.807) is 4.90 Å². The molecule has 0 spiro atoms. The lowest BCUT2D eigenvalue weighted by molar-refractivity contribution is -0.121. The Hall–Kier alpha value is -3.39. The number of likely N-dealkylation sites (N-methyl/N-ethyl adjacent to an activating group) is 1. The van der Waals surface area contributed by atoms with Gasteiger partial charge in [-0.2, -0.15) is 0 Å². The summed E-state index contributed by atoms with van der Waals surface area (Å²) < 4.78 is 52.8. The zero-order chi connectivity index (χ0) is 28.9. The monoisotopic (exact) mass is 603 g/mol. The summed E-state index contributed by atoms with van der Waals surface area (Å²) in [6.07, 6.45) is -0.414. The predicted octanol–water partition coefficient (Wildman–Crippen LogP) is 4.00. The molecular weight excluding hydrogens is 579 g/mol. The number of piperazine rings is 1. The quantitative estimate of drug-likeness (QED) is 0.363. The van der Waals surface area contributed by atoms with Crippen molar-refractivity contribution in [1.82, 2.24) is 20.2 Å². The molecule has 3 N–H and O–H groups in total. The highest BCUT2D eigenvalue weighted by Crippen LogP contribution is 2.52. The Morgan fingerprint density at radius 3 is 2.68 bits per heavy atom. The number of nitrogens with two attached hydrogens (primary N) is 1. The molecule has 14 heteroatoms. The number of amides is 1. The van der Waals surface area contributed by atoms with Crippen LogP contribution in [-0.4, -0.2) is 79.2 Å². The van der Waals surface area contributed by atoms with E-state index < -0.39 is 29.6 Å². The Morgan fingerprint density at radius 2 is 1.93 bits per heavy atom. The highest BCUT2D eigenvalue weighted by atomic mass is 35.5. The number of aromatic nitrogens is 2. The number of fused-ring (bicyclic) bond motifs is 5. The van der Waals surface area contributed by atoms with Crippen LogP contribution in [0.15, 0.2) is 12.1 Å². The maximum Gasteiger partial charge on any atom is 0.251 e. The molecule has 0 aliphatic carbocycles. The van der Waals surface area contributed by atoms with Crippen LogP contribution in [0.2, 0.25) is 5.02 Å². The third-order valence-electron chi connectivity index (χ3n) is 7.78. The Labute approximate surface area is 241 Å². The molecule has 1 saturated heterocycles. The number of nitrogen functional groups attached to an aromatic ring is 1. The van der Waals surface area contributed by atoms with Crippen LogP contribution in [0.25, 0.3) is 32.2 Å². The Balaban J connectivity index is 1.53. The number of nitrogens with zero attached hydrogens (tertiary/aromatic N) is 5. The number of hydrogen-bond acceptors (Lipinski definition) is 9. The lowest BCUT2D eigenvalue weighted by Gasteiger charge is -2.49. The zero-order valence-electron chi connectivity index (χ0n) is 22.3. The van der Waals surface area contributed by atoms with Crippen molar-refractivity contribution in [2.24, 2.45) is 0 Å². The summed E-state index contributed by atoms with van der Waals surface area (Å²) in [5.41, 5.74) is 6.02. The average Bonchev–Trinajstić information content (AvgIpc) is 3.29. The van der Waals surface area contributed by atoms with Gasteiger partial charge < -0.3 is 30.5 Å². The van der Waals surface area contributed by atoms with Gasteiger partial charge in [-0.1, -0.05) is 22.9 Å². The molecule has 0 radical (unpaired) electrons. The molecule has 3 atom stereocenters. The standard InChI is InChI=1S/C27H25ClF3N7O2S/c1-10-7-37-16(6-33-10)26(39)38-9-11(8-36(2)3)40-25-23(38)22(37)12-4-13(28)17(19(31)20(12)34-25)18-14(29)5-15(30)24-21(18)35-27(32)41-24/h4-5,10-11,16,33H,6-9H2,1-3H3,(H2,32,35)/t10-,11-,16-/m1/s1. The fraction of sp³-hybridized carbons (Fsp3) is 0.370. The van der Waals surface area contributed by atoms with Crippen LogP contribution in [0.4, 0.5) is 29.7 Å². The number of benzene rings is 2. The van der Waals surface area contributed by atoms with E-state index in [-0.39, 0.29) is 54.8 Å². The van der Waals surface area contributed by atoms with E-state index in [0.717, 1.165) is 11.3 Å². The topological polar surface area (TPSA) is 99.8 Å². The van der Waals surface area contributed by atoms with Gasteiger partial charge in [-0.3, -0.25) is 4.79 Å². The number of carbonyl (C=O) groups excluding carboxylic acids is 1. The number of rotatable bonds is 3. The summed E-state index contributed by atoms with van der Waals surface area (Å²) in [6, 6.07) is 1.71. The van der Waals surface area contributed by atoms with Crippen molar-refractivity contribution in [3.63, 3.8) is 0 Å². The molecule has 0 bridgehead atoms. The lowest BCUT2D eigenvalue weighted by Crippen LogP contribution is -2.66. The molecule has 9 nitrogen and oxygen atoms in total. The highest BCUT2D eigenvalue weighted by Gasteiger charge is 2.47. The average molecular weight is 604 g/mol. The second-order valence-electron chi connectivity index (χ2n) is 10.9. The summed E-state index contributed by atoms with van der Waals surface area (Å²) in [6.45, 7) is 3.69. The Morgan fingerprint density at radius 1 is 1.15 bits per heavy atom. The summed E-state index contributed by atoms with van der Waals surface area (Å²) in [4.78, 5) is 27.9. The molecule has 0 saturated carbocycles. The van der Waals surface area contributed by atoms with Crippen molar-refractivity contribution in [2.45, 2.75) is 25.1 Å². The first kappa shape index (κ1) is 26.5. The molecule has 214 valence electrons. The number of ether oxygens (including phenoxy) is 1. The minimum atomic E-state index is -1.03. The summed E-state index contributed by atoms with van der Waals surface area (Å²) in [7, 11) is 3.78. The van der Waals surface area contributed by atoms with Crippen LogP contribution in [-0.2, 0) is 4.79 Å². The van der Waals surface area contributed by atoms with Crippen molar-refractivity contribution in [2.75, 3.05) is 55.8 Å². The zero-order valence-corrected chi connectivity index (χ0v) is 23.8. The fourth-order valence-corrected chi connectivity index (χ4v) is 7.18. The van der Waals surface area contributed by atoms with Gasteiger partial charge in [0.1, 0.15) is 35.0 Å². The smallest absolute Gasteiger partial charge is 0.251 e. The van der Waals surface area contributed by atoms with Gasteiger partial charge in [0.05, 0.1) is 27.5 Å². The van der Waals surface area contributed by atoms with E-state index in [2.05, 4.69) is 15.3 Å². The van der Waals surface area contributed by atoms with Gasteiger partial charge in [-0.05, 0) is 27.1 Å². The highest BCUT2D eigenvalue weighted by molar-refractivity contribution is 7.22. The Bertz CT molecular complexity index is 1780. The maximum atomic E-state index is 16.7. The first-order valence-electron chi connectivity index (χ1n) is 13.1. The number of pyridine rings is 1. The van der Waals surface area contributed by atoms with E-state index in [1.165, 1.54) is 6.07 Å². The van der Waals surface area contributed by atoms with Crippen LogP contribution in [0.5, 0.6) is 5.88 Å². The van der Waals surface area contributed by atoms with E-state index in [9.17, 15) is 9.18 Å². The molecule has 2 aromatic carbocycles. The first-order valence-corrected chi connectivity index (χ1v) is 14.3. The normalized spacial score (nSPS) is 22.0. The molecule has 0 unspecified atom stereocenters. The number of nitrogens with one attached hydrogen (secondary N) is 1. The van der Waals surface area contributed by atoms with Gasteiger partial charge in [-0.25, -0.2) is 23.1 Å². The molecule has 4 aromatic rings. The molecule has 1 fully saturated rings. The minimum Gasteiger partial charge on any atom is -0.470 e. The van der Waals surface area contributed by atoms with Gasteiger partial charge in [0.2, 0.25) is 5.88 Å². The van der Waals surface area contributed by atoms with Crippen LogP contribution in [0.3, 0.4) is 0 Å². The molecule has 7 rings (SSSR count). The van der Waals surface area contributed by atoms with Crippen molar-refractivity contribution in [3.8, 4) is 17.0 Å². The molecule has 1 amide bonds. The van der Waals surface area contributed by atoms with Crippen molar-refractivity contribution in [3.05, 3.63) is 34.6 Å². The SMILES string of the molecule is C[C@@H]1CN2c3c4c(nc5c(F)c(-c6c(F)cc(F)c7sc(N)nc67)c(Cl)cc35)O[C@H](CN(C)C)CN4C(=O)[C@H]2CN1. The second-order valence-corrected chi connectivity index (χ2v) is 12.4. The lowest BCUT2D eigenvalue weighted by atomic mass is 9.95. The maximum absolute atomic E-state index is 16.7. The van der Waals surface area contributed by atoms with E-state index in [4.69, 9.17) is 22.1 Å². The minimum absolute atomic E-state index is 0.00338. The van der Waals surface area contributed by atoms with Crippen LogP contribution in [0.1, 0.15) is 6.92 Å². The predicted molar refractivity (Wildman–Crippen MR) is 154 cm³/mol. The molecule has 2 aromatic heterocycles. The van der Waals surface area contributed by atoms with Crippen LogP contribution < -0.4 is 25.6 Å². The third kappa shape index (κ3) is 3.93. The Kier molecular flexibility index (Phi) is 6.02. The number of anilines is 3. The third-order valence-corrected chi connectivity index (χ3v) is 8.97. The molecule has 3 aliphatic rings. The number of thiazole rings is 1. The van der Waals surface area contributed by atoms with Crippen LogP contribution >= 0.6 is 22.9 Å². The van der Waals surface area contributed by atoms with E-state index in [0.29, 0.717) is 49.0 Å². The molecule has 41 heavy (non-hydrogen) atoms. The van der Waals surface area contributed by atoms with Crippen LogP contribution in [0, 0.1) is 17.5 Å². The van der Waals surface area contributed by atoms with Gasteiger partial charge >= 0.3 is 0 Å². The number of hydrogen-bond donors (Lipinski definition) is 2. The molecule has 3 aliphatic heterocycles. The van der Waals surface area contributed by atoms with Crippen molar-refractivity contribution >= 4 is 66.5 Å². The van der Waals surface area contributed by atoms with Gasteiger partial charge in [-0.15, -0.1) is 0 Å². The largest absolute Gasteiger partial charge is 0.470 e. The van der Waals surface area contributed by atoms with Crippen molar-refractivity contribution < 1.29 is 22.7 Å². The summed E-state index contributed by atoms with van der Waals surface area (Å²) in [5.74, 6) is -2.78. The summed E-state index contributed by atoms with van der Waals surface area (Å²) in [5, 5.41) is 3.61. The summed E-state index contributed by atoms with van der Waals surface area (Å²) >= 11 is 7.54.